The van der Waals surface area contributed by atoms with Crippen LogP contribution in [-0.2, 0) is 0 Å². The highest BCUT2D eigenvalue weighted by Gasteiger charge is 2.20. The third-order valence-electron chi connectivity index (χ3n) is 4.64. The van der Waals surface area contributed by atoms with Crippen molar-refractivity contribution in [2.45, 2.75) is 45.3 Å². The van der Waals surface area contributed by atoms with Gasteiger partial charge in [-0.05, 0) is 43.8 Å². The molecule has 0 bridgehead atoms. The van der Waals surface area contributed by atoms with Gasteiger partial charge in [0.2, 0.25) is 0 Å². The highest BCUT2D eigenvalue weighted by molar-refractivity contribution is 5.74. The van der Waals surface area contributed by atoms with Crippen LogP contribution in [0, 0.1) is 5.92 Å². The van der Waals surface area contributed by atoms with Gasteiger partial charge in [0.1, 0.15) is 0 Å². The number of urea groups is 1. The van der Waals surface area contributed by atoms with Crippen LogP contribution in [-0.4, -0.2) is 48.3 Å². The molecule has 1 aromatic rings. The highest BCUT2D eigenvalue weighted by Crippen LogP contribution is 2.17. The fourth-order valence-electron chi connectivity index (χ4n) is 3.02. The summed E-state index contributed by atoms with van der Waals surface area (Å²) in [4.78, 5) is 14.6. The first kappa shape index (κ1) is 18.7. The van der Waals surface area contributed by atoms with Gasteiger partial charge in [-0.3, -0.25) is 0 Å². The van der Waals surface area contributed by atoms with Gasteiger partial charge < -0.3 is 20.6 Å². The Balaban J connectivity index is 1.86. The van der Waals surface area contributed by atoms with E-state index >= 15 is 0 Å². The Bertz CT molecular complexity index is 487. The quantitative estimate of drug-likeness (QED) is 0.685. The van der Waals surface area contributed by atoms with E-state index in [1.807, 2.05) is 32.0 Å². The maximum atomic E-state index is 12.2. The summed E-state index contributed by atoms with van der Waals surface area (Å²) in [5, 5.41) is 15.8. The van der Waals surface area contributed by atoms with E-state index in [0.29, 0.717) is 13.0 Å². The molecule has 1 aliphatic rings. The molecule has 2 rings (SSSR count). The number of nitrogens with one attached hydrogen (secondary N) is 2. The zero-order chi connectivity index (χ0) is 17.4. The number of hydrogen-bond donors (Lipinski definition) is 3. The van der Waals surface area contributed by atoms with Gasteiger partial charge in [-0.1, -0.05) is 44.2 Å². The maximum absolute atomic E-state index is 12.2. The van der Waals surface area contributed by atoms with Gasteiger partial charge in [0, 0.05) is 13.1 Å². The van der Waals surface area contributed by atoms with E-state index < -0.39 is 0 Å². The lowest BCUT2D eigenvalue weighted by molar-refractivity contribution is 0.116. The summed E-state index contributed by atoms with van der Waals surface area (Å²) in [6.45, 7) is 7.49. The number of likely N-dealkylation sites (tertiary alicyclic amines) is 1. The third-order valence-corrected chi connectivity index (χ3v) is 4.64. The van der Waals surface area contributed by atoms with E-state index in [-0.39, 0.29) is 24.1 Å². The van der Waals surface area contributed by atoms with Crippen molar-refractivity contribution in [1.29, 1.82) is 0 Å². The number of amides is 2. The van der Waals surface area contributed by atoms with Crippen LogP contribution in [0.3, 0.4) is 0 Å². The average Bonchev–Trinajstić information content (AvgIpc) is 3.08. The van der Waals surface area contributed by atoms with Gasteiger partial charge in [0.05, 0.1) is 12.1 Å². The Morgan fingerprint density at radius 1 is 1.21 bits per heavy atom. The number of rotatable bonds is 8. The lowest BCUT2D eigenvalue weighted by Crippen LogP contribution is -2.43. The molecule has 1 saturated heterocycles. The molecule has 2 unspecified atom stereocenters. The van der Waals surface area contributed by atoms with Gasteiger partial charge in [-0.25, -0.2) is 4.79 Å². The SMILES string of the molecule is CC(C)C(O)CCNC(=O)NC(CN1CCCC1)c1ccccc1. The lowest BCUT2D eigenvalue weighted by atomic mass is 10.0. The molecule has 0 aromatic heterocycles. The highest BCUT2D eigenvalue weighted by atomic mass is 16.3. The summed E-state index contributed by atoms with van der Waals surface area (Å²) in [6, 6.07) is 9.94. The summed E-state index contributed by atoms with van der Waals surface area (Å²) in [5.74, 6) is 0.210. The van der Waals surface area contributed by atoms with Crippen molar-refractivity contribution in [2.75, 3.05) is 26.2 Å². The topological polar surface area (TPSA) is 64.6 Å². The van der Waals surface area contributed by atoms with Gasteiger partial charge in [-0.2, -0.15) is 0 Å². The van der Waals surface area contributed by atoms with E-state index in [9.17, 15) is 9.90 Å². The minimum absolute atomic E-state index is 0.0145. The minimum atomic E-state index is -0.375. The molecule has 2 atom stereocenters. The number of carbonyl (C=O) groups is 1. The van der Waals surface area contributed by atoms with Gasteiger partial charge in [0.15, 0.2) is 0 Å². The standard InChI is InChI=1S/C19H31N3O2/c1-15(2)18(23)10-11-20-19(24)21-17(14-22-12-6-7-13-22)16-8-4-3-5-9-16/h3-5,8-9,15,17-18,23H,6-7,10-14H2,1-2H3,(H2,20,21,24). The summed E-state index contributed by atoms with van der Waals surface area (Å²) < 4.78 is 0. The number of hydrogen-bond acceptors (Lipinski definition) is 3. The van der Waals surface area contributed by atoms with E-state index in [2.05, 4.69) is 27.7 Å². The molecular formula is C19H31N3O2. The zero-order valence-electron chi connectivity index (χ0n) is 14.9. The summed E-state index contributed by atoms with van der Waals surface area (Å²) in [6.07, 6.45) is 2.68. The second-order valence-electron chi connectivity index (χ2n) is 6.97. The second kappa shape index (κ2) is 9.64. The Kier molecular flexibility index (Phi) is 7.53. The first-order valence-corrected chi connectivity index (χ1v) is 9.06. The molecule has 5 heteroatoms. The van der Waals surface area contributed by atoms with Crippen molar-refractivity contribution in [1.82, 2.24) is 15.5 Å². The molecule has 0 saturated carbocycles. The predicted octanol–water partition coefficient (Wildman–Crippen LogP) is 2.53. The number of nitrogens with zero attached hydrogens (tertiary/aromatic N) is 1. The van der Waals surface area contributed by atoms with Crippen LogP contribution in [0.4, 0.5) is 4.79 Å². The normalized spacial score (nSPS) is 17.7. The largest absolute Gasteiger partial charge is 0.393 e. The van der Waals surface area contributed by atoms with E-state index in [1.54, 1.807) is 0 Å². The lowest BCUT2D eigenvalue weighted by Gasteiger charge is -2.25. The van der Waals surface area contributed by atoms with Crippen molar-refractivity contribution >= 4 is 6.03 Å². The minimum Gasteiger partial charge on any atom is -0.393 e. The van der Waals surface area contributed by atoms with Gasteiger partial charge >= 0.3 is 6.03 Å². The first-order chi connectivity index (χ1) is 11.6. The molecule has 0 spiro atoms. The predicted molar refractivity (Wildman–Crippen MR) is 96.9 cm³/mol. The Hall–Kier alpha value is -1.59. The van der Waals surface area contributed by atoms with Crippen molar-refractivity contribution < 1.29 is 9.90 Å². The van der Waals surface area contributed by atoms with Crippen molar-refractivity contribution in [3.05, 3.63) is 35.9 Å². The van der Waals surface area contributed by atoms with Gasteiger partial charge in [0.25, 0.3) is 0 Å². The van der Waals surface area contributed by atoms with Crippen LogP contribution in [0.5, 0.6) is 0 Å². The van der Waals surface area contributed by atoms with Crippen LogP contribution >= 0.6 is 0 Å². The number of benzene rings is 1. The number of aliphatic hydroxyl groups is 1. The van der Waals surface area contributed by atoms with Crippen LogP contribution in [0.1, 0.15) is 44.7 Å². The van der Waals surface area contributed by atoms with Crippen LogP contribution in [0.2, 0.25) is 0 Å². The summed E-state index contributed by atoms with van der Waals surface area (Å²) in [7, 11) is 0. The Morgan fingerprint density at radius 3 is 2.50 bits per heavy atom. The number of aliphatic hydroxyl groups excluding tert-OH is 1. The molecule has 24 heavy (non-hydrogen) atoms. The zero-order valence-corrected chi connectivity index (χ0v) is 14.9. The first-order valence-electron chi connectivity index (χ1n) is 9.06. The third kappa shape index (κ3) is 6.13. The molecule has 2 amide bonds. The molecule has 3 N–H and O–H groups in total. The molecule has 134 valence electrons. The molecule has 1 heterocycles. The summed E-state index contributed by atoms with van der Waals surface area (Å²) in [5.41, 5.74) is 1.13. The van der Waals surface area contributed by atoms with Crippen molar-refractivity contribution in [3.8, 4) is 0 Å². The van der Waals surface area contributed by atoms with E-state index in [4.69, 9.17) is 0 Å². The smallest absolute Gasteiger partial charge is 0.315 e. The second-order valence-corrected chi connectivity index (χ2v) is 6.97. The van der Waals surface area contributed by atoms with Crippen LogP contribution < -0.4 is 10.6 Å². The van der Waals surface area contributed by atoms with Crippen LogP contribution in [0.25, 0.3) is 0 Å². The monoisotopic (exact) mass is 333 g/mol. The molecule has 1 aliphatic heterocycles. The molecular weight excluding hydrogens is 302 g/mol. The van der Waals surface area contributed by atoms with Crippen molar-refractivity contribution in [2.24, 2.45) is 5.92 Å². The number of carbonyl (C=O) groups excluding carboxylic acids is 1. The van der Waals surface area contributed by atoms with Crippen molar-refractivity contribution in [3.63, 3.8) is 0 Å². The summed E-state index contributed by atoms with van der Waals surface area (Å²) >= 11 is 0. The molecule has 0 radical (unpaired) electrons. The molecule has 0 aliphatic carbocycles. The Morgan fingerprint density at radius 2 is 1.88 bits per heavy atom. The van der Waals surface area contributed by atoms with Gasteiger partial charge in [-0.15, -0.1) is 0 Å². The maximum Gasteiger partial charge on any atom is 0.315 e. The molecule has 1 aromatic carbocycles. The van der Waals surface area contributed by atoms with E-state index in [1.165, 1.54) is 12.8 Å². The van der Waals surface area contributed by atoms with Crippen LogP contribution in [0.15, 0.2) is 30.3 Å². The molecule has 1 fully saturated rings. The molecule has 5 nitrogen and oxygen atoms in total. The Labute approximate surface area is 145 Å². The fraction of sp³-hybridized carbons (Fsp3) is 0.632. The van der Waals surface area contributed by atoms with E-state index in [0.717, 1.165) is 25.2 Å². The average molecular weight is 333 g/mol. The fourth-order valence-corrected chi connectivity index (χ4v) is 3.02.